The fraction of sp³-hybridized carbons (Fsp3) is 0.818. The van der Waals surface area contributed by atoms with Crippen molar-refractivity contribution in [3.63, 3.8) is 0 Å². The number of tetrazole rings is 1. The summed E-state index contributed by atoms with van der Waals surface area (Å²) in [6.45, 7) is 4.61. The Morgan fingerprint density at radius 1 is 1.56 bits per heavy atom. The van der Waals surface area contributed by atoms with E-state index in [1.807, 2.05) is 6.92 Å². The summed E-state index contributed by atoms with van der Waals surface area (Å²) in [6.07, 6.45) is 1.91. The predicted molar refractivity (Wildman–Crippen MR) is 63.4 cm³/mol. The van der Waals surface area contributed by atoms with Gasteiger partial charge in [-0.15, -0.1) is 10.2 Å². The molecule has 0 aromatic carbocycles. The number of rotatable bonds is 4. The summed E-state index contributed by atoms with van der Waals surface area (Å²) < 4.78 is 5.07. The van der Waals surface area contributed by atoms with Crippen LogP contribution in [0.25, 0.3) is 0 Å². The Bertz CT molecular complexity index is 406. The first-order valence-corrected chi connectivity index (χ1v) is 6.31. The molecular formula is C11H19N5O2. The van der Waals surface area contributed by atoms with Gasteiger partial charge in [-0.2, -0.15) is 4.80 Å². The van der Waals surface area contributed by atoms with Crippen LogP contribution >= 0.6 is 0 Å². The molecule has 0 saturated carbocycles. The third-order valence-corrected chi connectivity index (χ3v) is 3.04. The smallest absolute Gasteiger partial charge is 0.310 e. The van der Waals surface area contributed by atoms with E-state index >= 15 is 0 Å². The van der Waals surface area contributed by atoms with E-state index < -0.39 is 0 Å². The van der Waals surface area contributed by atoms with E-state index in [0.29, 0.717) is 19.0 Å². The monoisotopic (exact) mass is 253 g/mol. The molecule has 1 aromatic rings. The third kappa shape index (κ3) is 3.25. The summed E-state index contributed by atoms with van der Waals surface area (Å²) in [4.78, 5) is 15.3. The lowest BCUT2D eigenvalue weighted by atomic mass is 9.98. The van der Waals surface area contributed by atoms with Gasteiger partial charge in [0.15, 0.2) is 5.82 Å². The van der Waals surface area contributed by atoms with Crippen LogP contribution in [-0.4, -0.2) is 50.8 Å². The molecule has 1 aromatic heterocycles. The minimum Gasteiger partial charge on any atom is -0.466 e. The van der Waals surface area contributed by atoms with Crippen molar-refractivity contribution in [3.8, 4) is 0 Å². The number of aromatic nitrogens is 4. The molecule has 7 nitrogen and oxygen atoms in total. The van der Waals surface area contributed by atoms with Crippen molar-refractivity contribution < 1.29 is 9.53 Å². The van der Waals surface area contributed by atoms with Gasteiger partial charge in [0, 0.05) is 6.54 Å². The molecule has 1 fully saturated rings. The molecule has 0 spiro atoms. The zero-order chi connectivity index (χ0) is 13.0. The van der Waals surface area contributed by atoms with Gasteiger partial charge in [-0.3, -0.25) is 9.69 Å². The van der Waals surface area contributed by atoms with E-state index in [4.69, 9.17) is 4.74 Å². The predicted octanol–water partition coefficient (Wildman–Crippen LogP) is -0.0148. The first-order valence-electron chi connectivity index (χ1n) is 6.31. The number of hydrogen-bond acceptors (Lipinski definition) is 6. The number of ether oxygens (including phenoxy) is 1. The fourth-order valence-corrected chi connectivity index (χ4v) is 2.24. The van der Waals surface area contributed by atoms with Crippen molar-refractivity contribution >= 4 is 5.97 Å². The van der Waals surface area contributed by atoms with Crippen LogP contribution in [0.1, 0.15) is 25.6 Å². The highest BCUT2D eigenvalue weighted by atomic mass is 16.5. The lowest BCUT2D eigenvalue weighted by molar-refractivity contribution is -0.150. The zero-order valence-electron chi connectivity index (χ0n) is 10.9. The Labute approximate surface area is 106 Å². The molecular weight excluding hydrogens is 234 g/mol. The molecule has 1 atom stereocenters. The summed E-state index contributed by atoms with van der Waals surface area (Å²) >= 11 is 0. The standard InChI is InChI=1S/C11H19N5O2/c1-3-18-11(17)9-5-4-6-16(7-9)8-10-12-14-15(2)13-10/h9H,3-8H2,1-2H3/t9-/m1/s1. The van der Waals surface area contributed by atoms with Gasteiger partial charge < -0.3 is 4.74 Å². The molecule has 2 heterocycles. The molecule has 1 saturated heterocycles. The van der Waals surface area contributed by atoms with Gasteiger partial charge in [0.2, 0.25) is 0 Å². The van der Waals surface area contributed by atoms with Gasteiger partial charge in [-0.1, -0.05) is 0 Å². The van der Waals surface area contributed by atoms with Crippen molar-refractivity contribution in [1.82, 2.24) is 25.1 Å². The molecule has 0 unspecified atom stereocenters. The van der Waals surface area contributed by atoms with Gasteiger partial charge in [-0.05, 0) is 31.5 Å². The molecule has 1 aliphatic heterocycles. The topological polar surface area (TPSA) is 73.1 Å². The minimum absolute atomic E-state index is 0.0182. The second-order valence-electron chi connectivity index (χ2n) is 4.52. The number of carbonyl (C=O) groups excluding carboxylic acids is 1. The normalized spacial score (nSPS) is 20.9. The summed E-state index contributed by atoms with van der Waals surface area (Å²) in [7, 11) is 1.74. The maximum absolute atomic E-state index is 11.7. The number of aryl methyl sites for hydroxylation is 1. The van der Waals surface area contributed by atoms with Crippen LogP contribution in [0.4, 0.5) is 0 Å². The van der Waals surface area contributed by atoms with Crippen molar-refractivity contribution in [2.75, 3.05) is 19.7 Å². The van der Waals surface area contributed by atoms with Crippen LogP contribution in [0.3, 0.4) is 0 Å². The molecule has 0 radical (unpaired) electrons. The molecule has 0 amide bonds. The first-order chi connectivity index (χ1) is 8.69. The quantitative estimate of drug-likeness (QED) is 0.702. The minimum atomic E-state index is -0.0886. The highest BCUT2D eigenvalue weighted by molar-refractivity contribution is 5.72. The molecule has 0 aliphatic carbocycles. The highest BCUT2D eigenvalue weighted by Gasteiger charge is 2.27. The lowest BCUT2D eigenvalue weighted by Gasteiger charge is -2.30. The fourth-order valence-electron chi connectivity index (χ4n) is 2.24. The summed E-state index contributed by atoms with van der Waals surface area (Å²) in [6, 6.07) is 0. The van der Waals surface area contributed by atoms with Crippen molar-refractivity contribution in [2.45, 2.75) is 26.3 Å². The number of likely N-dealkylation sites (tertiary alicyclic amines) is 1. The lowest BCUT2D eigenvalue weighted by Crippen LogP contribution is -2.39. The average Bonchev–Trinajstić information content (AvgIpc) is 2.75. The molecule has 1 aliphatic rings. The number of esters is 1. The summed E-state index contributed by atoms with van der Waals surface area (Å²) in [5.41, 5.74) is 0. The average molecular weight is 253 g/mol. The maximum Gasteiger partial charge on any atom is 0.310 e. The van der Waals surface area contributed by atoms with Gasteiger partial charge in [-0.25, -0.2) is 0 Å². The Balaban J connectivity index is 1.88. The van der Waals surface area contributed by atoms with Crippen LogP contribution in [0, 0.1) is 5.92 Å². The zero-order valence-corrected chi connectivity index (χ0v) is 10.9. The van der Waals surface area contributed by atoms with Crippen molar-refractivity contribution in [1.29, 1.82) is 0 Å². The second-order valence-corrected chi connectivity index (χ2v) is 4.52. The van der Waals surface area contributed by atoms with Gasteiger partial charge >= 0.3 is 5.97 Å². The van der Waals surface area contributed by atoms with Gasteiger partial charge in [0.05, 0.1) is 26.1 Å². The number of piperidine rings is 1. The molecule has 0 N–H and O–H groups in total. The molecule has 7 heteroatoms. The van der Waals surface area contributed by atoms with Crippen molar-refractivity contribution in [3.05, 3.63) is 5.82 Å². The highest BCUT2D eigenvalue weighted by Crippen LogP contribution is 2.18. The van der Waals surface area contributed by atoms with Crippen LogP contribution < -0.4 is 0 Å². The molecule has 0 bridgehead atoms. The van der Waals surface area contributed by atoms with Crippen LogP contribution in [-0.2, 0) is 23.1 Å². The Hall–Kier alpha value is -1.50. The maximum atomic E-state index is 11.7. The van der Waals surface area contributed by atoms with E-state index in [9.17, 15) is 4.79 Å². The Kier molecular flexibility index (Phi) is 4.24. The van der Waals surface area contributed by atoms with Crippen LogP contribution in [0.15, 0.2) is 0 Å². The Morgan fingerprint density at radius 2 is 2.39 bits per heavy atom. The van der Waals surface area contributed by atoms with E-state index in [1.54, 1.807) is 7.05 Å². The molecule has 18 heavy (non-hydrogen) atoms. The van der Waals surface area contributed by atoms with Crippen LogP contribution in [0.5, 0.6) is 0 Å². The molecule has 100 valence electrons. The van der Waals surface area contributed by atoms with Crippen molar-refractivity contribution in [2.24, 2.45) is 13.0 Å². The Morgan fingerprint density at radius 3 is 3.06 bits per heavy atom. The largest absolute Gasteiger partial charge is 0.466 e. The molecule has 2 rings (SSSR count). The van der Waals surface area contributed by atoms with E-state index in [2.05, 4.69) is 20.3 Å². The third-order valence-electron chi connectivity index (χ3n) is 3.04. The van der Waals surface area contributed by atoms with E-state index in [0.717, 1.165) is 25.9 Å². The number of nitrogens with zero attached hydrogens (tertiary/aromatic N) is 5. The first kappa shape index (κ1) is 12.9. The summed E-state index contributed by atoms with van der Waals surface area (Å²) in [5, 5.41) is 11.9. The summed E-state index contributed by atoms with van der Waals surface area (Å²) in [5.74, 6) is 0.590. The van der Waals surface area contributed by atoms with Crippen LogP contribution in [0.2, 0.25) is 0 Å². The number of carbonyl (C=O) groups is 1. The van der Waals surface area contributed by atoms with Gasteiger partial charge in [0.25, 0.3) is 0 Å². The van der Waals surface area contributed by atoms with E-state index in [1.165, 1.54) is 4.80 Å². The van der Waals surface area contributed by atoms with Gasteiger partial charge in [0.1, 0.15) is 0 Å². The SMILES string of the molecule is CCOC(=O)[C@@H]1CCCN(Cc2nnn(C)n2)C1. The van der Waals surface area contributed by atoms with E-state index in [-0.39, 0.29) is 11.9 Å². The second kappa shape index (κ2) is 5.90. The number of hydrogen-bond donors (Lipinski definition) is 0.